The molecule has 5 heteroatoms. The maximum Gasteiger partial charge on any atom is 0.0739 e. The summed E-state index contributed by atoms with van der Waals surface area (Å²) >= 11 is 10.1. The molecule has 0 saturated heterocycles. The lowest BCUT2D eigenvalue weighted by atomic mass is 9.94. The third-order valence-electron chi connectivity index (χ3n) is 3.87. The van der Waals surface area contributed by atoms with E-state index in [4.69, 9.17) is 11.6 Å². The van der Waals surface area contributed by atoms with Gasteiger partial charge >= 0.3 is 0 Å². The van der Waals surface area contributed by atoms with Gasteiger partial charge in [-0.15, -0.1) is 11.6 Å². The molecule has 18 heavy (non-hydrogen) atoms. The lowest BCUT2D eigenvalue weighted by Gasteiger charge is -2.34. The second-order valence-corrected chi connectivity index (χ2v) is 6.61. The molecule has 1 saturated carbocycles. The lowest BCUT2D eigenvalue weighted by molar-refractivity contribution is 0.184. The predicted octanol–water partition coefficient (Wildman–Crippen LogP) is 3.47. The van der Waals surface area contributed by atoms with Crippen LogP contribution in [0.4, 0.5) is 0 Å². The fraction of sp³-hybridized carbons (Fsp3) is 0.769. The number of halogens is 2. The van der Waals surface area contributed by atoms with Crippen LogP contribution >= 0.6 is 27.5 Å². The van der Waals surface area contributed by atoms with Gasteiger partial charge < -0.3 is 0 Å². The molecule has 2 unspecified atom stereocenters. The van der Waals surface area contributed by atoms with Gasteiger partial charge in [0.05, 0.1) is 15.9 Å². The minimum Gasteiger partial charge on any atom is -0.296 e. The summed E-state index contributed by atoms with van der Waals surface area (Å²) in [5, 5.41) is 4.73. The molecule has 1 fully saturated rings. The molecule has 1 heterocycles. The highest BCUT2D eigenvalue weighted by molar-refractivity contribution is 9.10. The number of aryl methyl sites for hydroxylation is 2. The van der Waals surface area contributed by atoms with Crippen molar-refractivity contribution in [2.75, 3.05) is 7.05 Å². The highest BCUT2D eigenvalue weighted by Crippen LogP contribution is 2.29. The van der Waals surface area contributed by atoms with Gasteiger partial charge in [-0.2, -0.15) is 5.10 Å². The van der Waals surface area contributed by atoms with Crippen molar-refractivity contribution < 1.29 is 0 Å². The second-order valence-electron chi connectivity index (χ2n) is 5.25. The Morgan fingerprint density at radius 3 is 2.67 bits per heavy atom. The van der Waals surface area contributed by atoms with Gasteiger partial charge in [0.15, 0.2) is 0 Å². The smallest absolute Gasteiger partial charge is 0.0739 e. The van der Waals surface area contributed by atoms with E-state index in [1.54, 1.807) is 0 Å². The maximum absolute atomic E-state index is 6.45. The molecule has 0 amide bonds. The zero-order valence-corrected chi connectivity index (χ0v) is 13.6. The fourth-order valence-electron chi connectivity index (χ4n) is 2.77. The largest absolute Gasteiger partial charge is 0.296 e. The van der Waals surface area contributed by atoms with Crippen molar-refractivity contribution in [1.82, 2.24) is 14.7 Å². The number of hydrogen-bond donors (Lipinski definition) is 0. The van der Waals surface area contributed by atoms with E-state index < -0.39 is 0 Å². The van der Waals surface area contributed by atoms with Gasteiger partial charge in [-0.1, -0.05) is 12.8 Å². The van der Waals surface area contributed by atoms with Crippen molar-refractivity contribution in [3.05, 3.63) is 15.9 Å². The number of rotatable bonds is 3. The Balaban J connectivity index is 2.08. The van der Waals surface area contributed by atoms with Crippen LogP contribution in [-0.2, 0) is 13.6 Å². The summed E-state index contributed by atoms with van der Waals surface area (Å²) in [6.07, 6.45) is 4.91. The van der Waals surface area contributed by atoms with Crippen LogP contribution in [-0.4, -0.2) is 33.1 Å². The van der Waals surface area contributed by atoms with Crippen LogP contribution in [0.3, 0.4) is 0 Å². The first-order chi connectivity index (χ1) is 8.50. The third-order valence-corrected chi connectivity index (χ3v) is 5.41. The molecule has 1 aromatic rings. The van der Waals surface area contributed by atoms with Crippen LogP contribution in [0.5, 0.6) is 0 Å². The van der Waals surface area contributed by atoms with Gasteiger partial charge in [0.2, 0.25) is 0 Å². The Labute approximate surface area is 123 Å². The summed E-state index contributed by atoms with van der Waals surface area (Å²) < 4.78 is 3.08. The van der Waals surface area contributed by atoms with Crippen LogP contribution in [0.1, 0.15) is 37.1 Å². The number of aromatic nitrogens is 2. The molecule has 0 N–H and O–H groups in total. The van der Waals surface area contributed by atoms with Crippen molar-refractivity contribution in [3.8, 4) is 0 Å². The van der Waals surface area contributed by atoms with Crippen molar-refractivity contribution in [3.63, 3.8) is 0 Å². The average molecular weight is 335 g/mol. The van der Waals surface area contributed by atoms with Crippen molar-refractivity contribution >= 4 is 27.5 Å². The number of nitrogens with zero attached hydrogens (tertiary/aromatic N) is 3. The van der Waals surface area contributed by atoms with E-state index in [1.807, 2.05) is 18.7 Å². The predicted molar refractivity (Wildman–Crippen MR) is 79.0 cm³/mol. The van der Waals surface area contributed by atoms with E-state index in [9.17, 15) is 0 Å². The molecule has 1 aliphatic rings. The molecule has 1 aliphatic carbocycles. The molecule has 102 valence electrons. The quantitative estimate of drug-likeness (QED) is 0.789. The van der Waals surface area contributed by atoms with E-state index in [0.717, 1.165) is 23.1 Å². The molecule has 2 atom stereocenters. The Kier molecular flexibility index (Phi) is 4.73. The first-order valence-corrected chi connectivity index (χ1v) is 7.76. The van der Waals surface area contributed by atoms with Crippen molar-refractivity contribution in [1.29, 1.82) is 0 Å². The fourth-order valence-corrected chi connectivity index (χ4v) is 3.70. The lowest BCUT2D eigenvalue weighted by Crippen LogP contribution is -2.40. The highest BCUT2D eigenvalue weighted by Gasteiger charge is 2.27. The number of alkyl halides is 1. The second kappa shape index (κ2) is 5.93. The molecule has 2 rings (SSSR count). The van der Waals surface area contributed by atoms with E-state index in [1.165, 1.54) is 25.0 Å². The topological polar surface area (TPSA) is 21.1 Å². The van der Waals surface area contributed by atoms with Crippen LogP contribution in [0.15, 0.2) is 4.47 Å². The Bertz CT molecular complexity index is 419. The summed E-state index contributed by atoms with van der Waals surface area (Å²) in [5.74, 6) is 0. The summed E-state index contributed by atoms with van der Waals surface area (Å²) in [7, 11) is 4.17. The zero-order valence-electron chi connectivity index (χ0n) is 11.3. The zero-order chi connectivity index (χ0) is 13.3. The van der Waals surface area contributed by atoms with Crippen molar-refractivity contribution in [2.45, 2.75) is 50.6 Å². The summed E-state index contributed by atoms with van der Waals surface area (Å²) in [5.41, 5.74) is 2.27. The van der Waals surface area contributed by atoms with Gasteiger partial charge in [-0.25, -0.2) is 0 Å². The van der Waals surface area contributed by atoms with Gasteiger partial charge in [0, 0.05) is 25.0 Å². The van der Waals surface area contributed by atoms with Gasteiger partial charge in [-0.3, -0.25) is 9.58 Å². The molecule has 0 radical (unpaired) electrons. The van der Waals surface area contributed by atoms with Gasteiger partial charge in [0.1, 0.15) is 0 Å². The summed E-state index contributed by atoms with van der Waals surface area (Å²) in [4.78, 5) is 2.37. The van der Waals surface area contributed by atoms with Crippen LogP contribution in [0, 0.1) is 6.92 Å². The van der Waals surface area contributed by atoms with Crippen molar-refractivity contribution in [2.24, 2.45) is 7.05 Å². The molecule has 1 aromatic heterocycles. The first-order valence-electron chi connectivity index (χ1n) is 6.53. The minimum absolute atomic E-state index is 0.289. The van der Waals surface area contributed by atoms with E-state index in [2.05, 4.69) is 33.0 Å². The van der Waals surface area contributed by atoms with E-state index >= 15 is 0 Å². The number of hydrogen-bond acceptors (Lipinski definition) is 2. The summed E-state index contributed by atoms with van der Waals surface area (Å²) in [6, 6.07) is 0.488. The molecule has 3 nitrogen and oxygen atoms in total. The Hall–Kier alpha value is -0.0600. The molecule has 0 spiro atoms. The van der Waals surface area contributed by atoms with Gasteiger partial charge in [0.25, 0.3) is 0 Å². The molecular weight excluding hydrogens is 314 g/mol. The Morgan fingerprint density at radius 1 is 1.44 bits per heavy atom. The first kappa shape index (κ1) is 14.4. The molecule has 0 bridgehead atoms. The Morgan fingerprint density at radius 2 is 2.11 bits per heavy atom. The minimum atomic E-state index is 0.289. The standard InChI is InChI=1S/C13H21BrClN3/c1-9-13(14)12(18(3)16-9)8-17(2)11-7-5-4-6-10(11)15/h10-11H,4-8H2,1-3H3. The molecular formula is C13H21BrClN3. The monoisotopic (exact) mass is 333 g/mol. The third kappa shape index (κ3) is 2.91. The van der Waals surface area contributed by atoms with Crippen LogP contribution in [0.25, 0.3) is 0 Å². The molecule has 0 aliphatic heterocycles. The van der Waals surface area contributed by atoms with Crippen LogP contribution in [0.2, 0.25) is 0 Å². The summed E-state index contributed by atoms with van der Waals surface area (Å²) in [6.45, 7) is 2.92. The average Bonchev–Trinajstić information content (AvgIpc) is 2.56. The van der Waals surface area contributed by atoms with E-state index in [-0.39, 0.29) is 5.38 Å². The molecule has 0 aromatic carbocycles. The SMILES string of the molecule is Cc1nn(C)c(CN(C)C2CCCCC2Cl)c1Br. The van der Waals surface area contributed by atoms with E-state index in [0.29, 0.717) is 6.04 Å². The van der Waals surface area contributed by atoms with Crippen LogP contribution < -0.4 is 0 Å². The highest BCUT2D eigenvalue weighted by atomic mass is 79.9. The van der Waals surface area contributed by atoms with Gasteiger partial charge in [-0.05, 0) is 42.7 Å². The maximum atomic E-state index is 6.45. The normalized spacial score (nSPS) is 24.8.